The fourth-order valence-corrected chi connectivity index (χ4v) is 4.54. The summed E-state index contributed by atoms with van der Waals surface area (Å²) in [7, 11) is -2.11. The van der Waals surface area contributed by atoms with E-state index in [1.165, 1.54) is 0 Å². The Hall–Kier alpha value is -1.58. The van der Waals surface area contributed by atoms with Crippen LogP contribution in [0.1, 0.15) is 40.5 Å². The van der Waals surface area contributed by atoms with Gasteiger partial charge in [0.1, 0.15) is 0 Å². The van der Waals surface area contributed by atoms with Gasteiger partial charge in [0, 0.05) is 17.9 Å². The second-order valence-electron chi connectivity index (χ2n) is 8.15. The number of nitrogens with one attached hydrogen (secondary N) is 1. The van der Waals surface area contributed by atoms with Gasteiger partial charge in [-0.25, -0.2) is 8.42 Å². The molecule has 2 aromatic rings. The maximum atomic E-state index is 12.3. The van der Waals surface area contributed by atoms with Gasteiger partial charge in [0.05, 0.1) is 22.0 Å². The van der Waals surface area contributed by atoms with E-state index in [1.807, 2.05) is 45.9 Å². The van der Waals surface area contributed by atoms with Gasteiger partial charge in [-0.3, -0.25) is 9.40 Å². The van der Waals surface area contributed by atoms with E-state index >= 15 is 0 Å². The first-order valence-corrected chi connectivity index (χ1v) is 10.4. The molecule has 26 heavy (non-hydrogen) atoms. The fourth-order valence-electron chi connectivity index (χ4n) is 3.20. The van der Waals surface area contributed by atoms with Crippen molar-refractivity contribution >= 4 is 39.3 Å². The molecule has 0 unspecified atom stereocenters. The molecule has 1 aromatic heterocycles. The predicted octanol–water partition coefficient (Wildman–Crippen LogP) is 1.78. The Bertz CT molecular complexity index is 963. The lowest BCUT2D eigenvalue weighted by atomic mass is 9.78. The highest BCUT2D eigenvalue weighted by atomic mass is 32.2. The van der Waals surface area contributed by atoms with Crippen molar-refractivity contribution in [1.29, 1.82) is 0 Å². The SMILES string of the molecule is Cn1nc(NS(=O)(=O)C2CC2)c2cccc(B3OC(C)(C)C(C)(C)O3)c21. The number of rotatable bonds is 4. The molecule has 9 heteroatoms. The molecule has 7 nitrogen and oxygen atoms in total. The smallest absolute Gasteiger partial charge is 0.399 e. The van der Waals surface area contributed by atoms with Crippen molar-refractivity contribution in [1.82, 2.24) is 9.78 Å². The number of nitrogens with zero attached hydrogens (tertiary/aromatic N) is 2. The zero-order valence-electron chi connectivity index (χ0n) is 15.7. The third kappa shape index (κ3) is 2.73. The fraction of sp³-hybridized carbons (Fsp3) is 0.588. The summed E-state index contributed by atoms with van der Waals surface area (Å²) >= 11 is 0. The quantitative estimate of drug-likeness (QED) is 0.822. The number of hydrogen-bond acceptors (Lipinski definition) is 5. The molecule has 1 saturated heterocycles. The molecule has 140 valence electrons. The standard InChI is InChI=1S/C17H24BN3O4S/c1-16(2)17(3,4)25-18(24-16)13-8-6-7-12-14(13)21(5)19-15(12)20-26(22,23)11-9-10-11/h6-8,11H,9-10H2,1-5H3,(H,19,20). The summed E-state index contributed by atoms with van der Waals surface area (Å²) in [6, 6.07) is 5.67. The summed E-state index contributed by atoms with van der Waals surface area (Å²) in [5.41, 5.74) is 0.747. The molecule has 2 fully saturated rings. The zero-order chi connectivity index (χ0) is 18.9. The van der Waals surface area contributed by atoms with Crippen LogP contribution in [0.15, 0.2) is 18.2 Å². The number of anilines is 1. The molecule has 0 radical (unpaired) electrons. The molecule has 1 aromatic carbocycles. The van der Waals surface area contributed by atoms with Crippen molar-refractivity contribution in [3.8, 4) is 0 Å². The lowest BCUT2D eigenvalue weighted by molar-refractivity contribution is 0.00578. The molecule has 0 amide bonds. The van der Waals surface area contributed by atoms with E-state index in [-0.39, 0.29) is 5.25 Å². The predicted molar refractivity (Wildman–Crippen MR) is 102 cm³/mol. The van der Waals surface area contributed by atoms with Gasteiger partial charge in [0.2, 0.25) is 10.0 Å². The van der Waals surface area contributed by atoms with E-state index in [0.29, 0.717) is 18.7 Å². The topological polar surface area (TPSA) is 82.5 Å². The minimum absolute atomic E-state index is 0.300. The Labute approximate surface area is 154 Å². The highest BCUT2D eigenvalue weighted by Gasteiger charge is 2.52. The molecular formula is C17H24BN3O4S. The van der Waals surface area contributed by atoms with Gasteiger partial charge in [0.15, 0.2) is 5.82 Å². The second kappa shape index (κ2) is 5.47. The Morgan fingerprint density at radius 1 is 1.19 bits per heavy atom. The van der Waals surface area contributed by atoms with Crippen LogP contribution in [-0.4, -0.2) is 41.8 Å². The van der Waals surface area contributed by atoms with Crippen molar-refractivity contribution in [3.63, 3.8) is 0 Å². The first-order valence-electron chi connectivity index (χ1n) is 8.85. The van der Waals surface area contributed by atoms with Crippen molar-refractivity contribution in [2.45, 2.75) is 57.0 Å². The number of hydrogen-bond donors (Lipinski definition) is 1. The normalized spacial score (nSPS) is 22.1. The molecule has 2 aliphatic rings. The summed E-state index contributed by atoms with van der Waals surface area (Å²) in [5.74, 6) is 0.354. The molecule has 2 heterocycles. The summed E-state index contributed by atoms with van der Waals surface area (Å²) in [4.78, 5) is 0. The largest absolute Gasteiger partial charge is 0.497 e. The van der Waals surface area contributed by atoms with Crippen LogP contribution in [-0.2, 0) is 26.4 Å². The highest BCUT2D eigenvalue weighted by Crippen LogP contribution is 2.37. The average Bonchev–Trinajstić information content (AvgIpc) is 3.30. The van der Waals surface area contributed by atoms with Crippen LogP contribution in [0.3, 0.4) is 0 Å². The van der Waals surface area contributed by atoms with Gasteiger partial charge in [-0.15, -0.1) is 0 Å². The van der Waals surface area contributed by atoms with Crippen LogP contribution in [0.5, 0.6) is 0 Å². The van der Waals surface area contributed by atoms with E-state index in [1.54, 1.807) is 11.7 Å². The maximum Gasteiger partial charge on any atom is 0.497 e. The zero-order valence-corrected chi connectivity index (χ0v) is 16.6. The summed E-state index contributed by atoms with van der Waals surface area (Å²) < 4.78 is 41.3. The van der Waals surface area contributed by atoms with Crippen LogP contribution in [0.2, 0.25) is 0 Å². The first kappa shape index (κ1) is 17.8. The van der Waals surface area contributed by atoms with E-state index in [2.05, 4.69) is 9.82 Å². The van der Waals surface area contributed by atoms with Crippen LogP contribution < -0.4 is 10.2 Å². The summed E-state index contributed by atoms with van der Waals surface area (Å²) in [6.45, 7) is 8.02. The molecule has 4 rings (SSSR count). The minimum atomic E-state index is -3.38. The molecular weight excluding hydrogens is 353 g/mol. The average molecular weight is 377 g/mol. The van der Waals surface area contributed by atoms with E-state index in [9.17, 15) is 8.42 Å². The third-order valence-corrected chi connectivity index (χ3v) is 7.43. The lowest BCUT2D eigenvalue weighted by Gasteiger charge is -2.32. The van der Waals surface area contributed by atoms with Crippen LogP contribution in [0.4, 0.5) is 5.82 Å². The van der Waals surface area contributed by atoms with E-state index in [0.717, 1.165) is 16.4 Å². The Morgan fingerprint density at radius 2 is 1.81 bits per heavy atom. The number of fused-ring (bicyclic) bond motifs is 1. The van der Waals surface area contributed by atoms with Crippen molar-refractivity contribution < 1.29 is 17.7 Å². The van der Waals surface area contributed by atoms with Crippen LogP contribution >= 0.6 is 0 Å². The number of benzene rings is 1. The van der Waals surface area contributed by atoms with E-state index < -0.39 is 28.3 Å². The number of aryl methyl sites for hydroxylation is 1. The maximum absolute atomic E-state index is 12.3. The molecule has 0 bridgehead atoms. The molecule has 0 spiro atoms. The molecule has 1 saturated carbocycles. The van der Waals surface area contributed by atoms with Gasteiger partial charge in [-0.1, -0.05) is 12.1 Å². The Morgan fingerprint density at radius 3 is 2.38 bits per heavy atom. The van der Waals surface area contributed by atoms with Crippen LogP contribution in [0.25, 0.3) is 10.9 Å². The van der Waals surface area contributed by atoms with Crippen molar-refractivity contribution in [2.24, 2.45) is 7.05 Å². The highest BCUT2D eigenvalue weighted by molar-refractivity contribution is 7.93. The monoisotopic (exact) mass is 377 g/mol. The molecule has 0 atom stereocenters. The second-order valence-corrected chi connectivity index (χ2v) is 10.1. The van der Waals surface area contributed by atoms with Crippen LogP contribution in [0, 0.1) is 0 Å². The molecule has 1 aliphatic heterocycles. The van der Waals surface area contributed by atoms with Gasteiger partial charge in [-0.2, -0.15) is 5.10 Å². The first-order chi connectivity index (χ1) is 12.0. The number of aromatic nitrogens is 2. The lowest BCUT2D eigenvalue weighted by Crippen LogP contribution is -2.41. The number of sulfonamides is 1. The Kier molecular flexibility index (Phi) is 3.75. The third-order valence-electron chi connectivity index (χ3n) is 5.61. The van der Waals surface area contributed by atoms with Gasteiger partial charge in [-0.05, 0) is 46.6 Å². The van der Waals surface area contributed by atoms with Gasteiger partial charge >= 0.3 is 7.12 Å². The molecule has 1 N–H and O–H groups in total. The van der Waals surface area contributed by atoms with Gasteiger partial charge in [0.25, 0.3) is 0 Å². The van der Waals surface area contributed by atoms with Gasteiger partial charge < -0.3 is 9.31 Å². The Balaban J connectivity index is 1.76. The summed E-state index contributed by atoms with van der Waals surface area (Å²) in [5, 5.41) is 4.84. The van der Waals surface area contributed by atoms with E-state index in [4.69, 9.17) is 9.31 Å². The summed E-state index contributed by atoms with van der Waals surface area (Å²) in [6.07, 6.45) is 1.42. The minimum Gasteiger partial charge on any atom is -0.399 e. The van der Waals surface area contributed by atoms with Crippen molar-refractivity contribution in [2.75, 3.05) is 4.72 Å². The molecule has 1 aliphatic carbocycles. The van der Waals surface area contributed by atoms with Crippen molar-refractivity contribution in [3.05, 3.63) is 18.2 Å². The number of para-hydroxylation sites is 1.